The van der Waals surface area contributed by atoms with E-state index in [4.69, 9.17) is 39.5 Å². The van der Waals surface area contributed by atoms with Crippen LogP contribution < -0.4 is 0 Å². The van der Waals surface area contributed by atoms with Crippen molar-refractivity contribution >= 4 is 34.8 Å². The molecular weight excluding hydrogens is 206 g/mol. The molecule has 0 fully saturated rings. The Kier molecular flexibility index (Phi) is 3.55. The minimum absolute atomic E-state index is 0.148. The van der Waals surface area contributed by atoms with E-state index in [1.54, 1.807) is 0 Å². The Morgan fingerprint density at radius 3 is 1.64 bits per heavy atom. The summed E-state index contributed by atoms with van der Waals surface area (Å²) in [4.78, 5) is 0. The van der Waals surface area contributed by atoms with Gasteiger partial charge in [-0.05, 0) is 20.8 Å². The Bertz CT molecular complexity index is 152. The van der Waals surface area contributed by atoms with Crippen molar-refractivity contribution in [3.8, 4) is 0 Å². The first-order valence-electron chi connectivity index (χ1n) is 3.08. The molecule has 0 atom stereocenters. The lowest BCUT2D eigenvalue weighted by Crippen LogP contribution is -2.23. The van der Waals surface area contributed by atoms with E-state index < -0.39 is 3.79 Å². The fraction of sp³-hybridized carbons (Fsp3) is 0.714. The van der Waals surface area contributed by atoms with Crippen LogP contribution in [0.1, 0.15) is 20.8 Å². The van der Waals surface area contributed by atoms with Crippen LogP contribution in [-0.4, -0.2) is 9.39 Å². The van der Waals surface area contributed by atoms with Crippen LogP contribution in [0.2, 0.25) is 0 Å². The topological polar surface area (TPSA) is 9.23 Å². The molecule has 0 aromatic heterocycles. The van der Waals surface area contributed by atoms with Gasteiger partial charge in [-0.25, -0.2) is 0 Å². The summed E-state index contributed by atoms with van der Waals surface area (Å²) in [5.74, 6) is 0.148. The maximum absolute atomic E-state index is 5.50. The predicted molar refractivity (Wildman–Crippen MR) is 50.3 cm³/mol. The summed E-state index contributed by atoms with van der Waals surface area (Å²) in [6.07, 6.45) is 0. The molecule has 0 spiro atoms. The number of halogens is 3. The average Bonchev–Trinajstić information content (AvgIpc) is 1.56. The van der Waals surface area contributed by atoms with E-state index in [9.17, 15) is 0 Å². The molecule has 0 N–H and O–H groups in total. The first-order chi connectivity index (χ1) is 4.63. The molecule has 0 saturated heterocycles. The monoisotopic (exact) mass is 216 g/mol. The van der Waals surface area contributed by atoms with Crippen LogP contribution in [0.15, 0.2) is 12.3 Å². The molecule has 0 radical (unpaired) electrons. The molecule has 1 nitrogen and oxygen atoms in total. The van der Waals surface area contributed by atoms with Gasteiger partial charge in [0.15, 0.2) is 0 Å². The smallest absolute Gasteiger partial charge is 0.246 e. The van der Waals surface area contributed by atoms with E-state index >= 15 is 0 Å². The Balaban J connectivity index is 4.11. The number of hydrogen-bond acceptors (Lipinski definition) is 1. The summed E-state index contributed by atoms with van der Waals surface area (Å²) in [6.45, 7) is 9.06. The van der Waals surface area contributed by atoms with Crippen LogP contribution in [0.3, 0.4) is 0 Å². The van der Waals surface area contributed by atoms with E-state index in [1.807, 2.05) is 20.8 Å². The van der Waals surface area contributed by atoms with Gasteiger partial charge in [0.25, 0.3) is 0 Å². The SMILES string of the molecule is C=C(OC(C)(C)C)C(Cl)(Cl)Cl. The van der Waals surface area contributed by atoms with Crippen LogP contribution in [0.5, 0.6) is 0 Å². The van der Waals surface area contributed by atoms with Crippen LogP contribution in [0.25, 0.3) is 0 Å². The van der Waals surface area contributed by atoms with E-state index in [0.29, 0.717) is 0 Å². The Morgan fingerprint density at radius 2 is 1.55 bits per heavy atom. The molecule has 0 amide bonds. The highest BCUT2D eigenvalue weighted by Gasteiger charge is 2.29. The van der Waals surface area contributed by atoms with Crippen LogP contribution in [-0.2, 0) is 4.74 Å². The number of ether oxygens (including phenoxy) is 1. The largest absolute Gasteiger partial charge is 0.489 e. The zero-order valence-electron chi connectivity index (χ0n) is 6.75. The van der Waals surface area contributed by atoms with E-state index in [-0.39, 0.29) is 11.4 Å². The molecule has 0 aromatic carbocycles. The van der Waals surface area contributed by atoms with Crippen LogP contribution >= 0.6 is 34.8 Å². The van der Waals surface area contributed by atoms with Crippen LogP contribution in [0.4, 0.5) is 0 Å². The molecule has 0 aliphatic rings. The van der Waals surface area contributed by atoms with Gasteiger partial charge in [0.2, 0.25) is 3.79 Å². The van der Waals surface area contributed by atoms with Crippen LogP contribution in [0, 0.1) is 0 Å². The minimum Gasteiger partial charge on any atom is -0.489 e. The van der Waals surface area contributed by atoms with Crippen molar-refractivity contribution in [2.75, 3.05) is 0 Å². The second-order valence-electron chi connectivity index (χ2n) is 3.14. The molecule has 0 aromatic rings. The third-order valence-corrected chi connectivity index (χ3v) is 1.38. The number of allylic oxidation sites excluding steroid dienone is 1. The zero-order chi connectivity index (χ0) is 9.28. The molecule has 0 unspecified atom stereocenters. The molecule has 4 heteroatoms. The summed E-state index contributed by atoms with van der Waals surface area (Å²) in [6, 6.07) is 0. The molecule has 0 heterocycles. The van der Waals surface area contributed by atoms with Gasteiger partial charge in [0, 0.05) is 0 Å². The van der Waals surface area contributed by atoms with Crippen molar-refractivity contribution in [3.63, 3.8) is 0 Å². The first kappa shape index (κ1) is 11.4. The maximum atomic E-state index is 5.50. The minimum atomic E-state index is -1.53. The highest BCUT2D eigenvalue weighted by Crippen LogP contribution is 2.36. The van der Waals surface area contributed by atoms with E-state index in [2.05, 4.69) is 6.58 Å². The predicted octanol–water partition coefficient (Wildman–Crippen LogP) is 3.69. The lowest BCUT2D eigenvalue weighted by Gasteiger charge is -2.25. The molecule has 66 valence electrons. The third kappa shape index (κ3) is 5.66. The summed E-state index contributed by atoms with van der Waals surface area (Å²) in [5, 5.41) is 0. The van der Waals surface area contributed by atoms with Crippen molar-refractivity contribution in [2.24, 2.45) is 0 Å². The fourth-order valence-electron chi connectivity index (χ4n) is 0.427. The van der Waals surface area contributed by atoms with Crippen molar-refractivity contribution in [2.45, 2.75) is 30.2 Å². The lowest BCUT2D eigenvalue weighted by atomic mass is 10.2. The first-order valence-corrected chi connectivity index (χ1v) is 4.21. The Hall–Kier alpha value is 0.410. The zero-order valence-corrected chi connectivity index (χ0v) is 9.02. The molecule has 11 heavy (non-hydrogen) atoms. The number of alkyl halides is 3. The third-order valence-electron chi connectivity index (χ3n) is 0.746. The fourth-order valence-corrected chi connectivity index (χ4v) is 0.543. The Labute approximate surface area is 82.3 Å². The summed E-state index contributed by atoms with van der Waals surface area (Å²) < 4.78 is 3.68. The maximum Gasteiger partial charge on any atom is 0.246 e. The second-order valence-corrected chi connectivity index (χ2v) is 5.42. The second kappa shape index (κ2) is 3.42. The van der Waals surface area contributed by atoms with Gasteiger partial charge < -0.3 is 4.74 Å². The van der Waals surface area contributed by atoms with Gasteiger partial charge in [0.1, 0.15) is 11.4 Å². The molecular formula is C7H11Cl3O. The van der Waals surface area contributed by atoms with Gasteiger partial charge in [-0.3, -0.25) is 0 Å². The van der Waals surface area contributed by atoms with Crippen molar-refractivity contribution in [1.82, 2.24) is 0 Å². The highest BCUT2D eigenvalue weighted by molar-refractivity contribution is 6.69. The normalized spacial score (nSPS) is 12.9. The van der Waals surface area contributed by atoms with E-state index in [1.165, 1.54) is 0 Å². The summed E-state index contributed by atoms with van der Waals surface area (Å²) in [5.41, 5.74) is -0.374. The molecule has 0 rings (SSSR count). The van der Waals surface area contributed by atoms with Crippen molar-refractivity contribution < 1.29 is 4.74 Å². The van der Waals surface area contributed by atoms with Gasteiger partial charge >= 0.3 is 0 Å². The van der Waals surface area contributed by atoms with E-state index in [0.717, 1.165) is 0 Å². The molecule has 0 aliphatic carbocycles. The number of hydrogen-bond donors (Lipinski definition) is 0. The van der Waals surface area contributed by atoms with Gasteiger partial charge in [-0.15, -0.1) is 0 Å². The highest BCUT2D eigenvalue weighted by atomic mass is 35.6. The molecule has 0 aliphatic heterocycles. The summed E-state index contributed by atoms with van der Waals surface area (Å²) >= 11 is 16.5. The van der Waals surface area contributed by atoms with Gasteiger partial charge in [-0.2, -0.15) is 0 Å². The average molecular weight is 218 g/mol. The molecule has 0 bridgehead atoms. The summed E-state index contributed by atoms with van der Waals surface area (Å²) in [7, 11) is 0. The lowest BCUT2D eigenvalue weighted by molar-refractivity contribution is 0.0508. The van der Waals surface area contributed by atoms with Crippen molar-refractivity contribution in [3.05, 3.63) is 12.3 Å². The molecule has 0 saturated carbocycles. The number of rotatable bonds is 1. The van der Waals surface area contributed by atoms with Crippen molar-refractivity contribution in [1.29, 1.82) is 0 Å². The van der Waals surface area contributed by atoms with Gasteiger partial charge in [0.05, 0.1) is 0 Å². The quantitative estimate of drug-likeness (QED) is 0.481. The Morgan fingerprint density at radius 1 is 1.18 bits per heavy atom. The standard InChI is InChI=1S/C7H11Cl3O/c1-5(7(8,9)10)11-6(2,3)4/h1H2,2-4H3. The van der Waals surface area contributed by atoms with Gasteiger partial charge in [-0.1, -0.05) is 41.4 Å².